The summed E-state index contributed by atoms with van der Waals surface area (Å²) in [5.74, 6) is 0. The summed E-state index contributed by atoms with van der Waals surface area (Å²) in [4.78, 5) is 8.66. The Morgan fingerprint density at radius 1 is 0.844 bits per heavy atom. The zero-order valence-corrected chi connectivity index (χ0v) is 18.1. The van der Waals surface area contributed by atoms with Crippen LogP contribution in [0.2, 0.25) is 0 Å². The first-order chi connectivity index (χ1) is 15.6. The molecule has 4 aromatic carbocycles. The van der Waals surface area contributed by atoms with Crippen LogP contribution in [-0.4, -0.2) is 9.38 Å². The summed E-state index contributed by atoms with van der Waals surface area (Å²) < 4.78 is 4.53. The molecule has 0 saturated heterocycles. The monoisotopic (exact) mass is 411 g/mol. The van der Waals surface area contributed by atoms with Gasteiger partial charge in [-0.1, -0.05) is 47.4 Å². The van der Waals surface area contributed by atoms with Crippen LogP contribution in [0.25, 0.3) is 64.7 Å². The molecule has 7 rings (SSSR count). The van der Waals surface area contributed by atoms with Crippen molar-refractivity contribution in [2.24, 2.45) is 7.05 Å². The molecular weight excluding hydrogens is 392 g/mol. The van der Waals surface area contributed by atoms with Crippen molar-refractivity contribution in [3.8, 4) is 0 Å². The van der Waals surface area contributed by atoms with E-state index in [1.807, 2.05) is 12.4 Å². The van der Waals surface area contributed by atoms with Crippen molar-refractivity contribution in [1.82, 2.24) is 9.38 Å². The summed E-state index contributed by atoms with van der Waals surface area (Å²) in [6, 6.07) is 19.1. The lowest BCUT2D eigenvalue weighted by molar-refractivity contribution is -0.646. The predicted octanol–water partition coefficient (Wildman–Crippen LogP) is 6.53. The number of benzene rings is 4. The first-order valence-electron chi connectivity index (χ1n) is 10.8. The minimum absolute atomic E-state index is 0.661. The molecule has 3 aromatic heterocycles. The topological polar surface area (TPSA) is 25.5 Å². The number of hydrogen-bond acceptors (Lipinski definition) is 1. The number of para-hydroxylation sites is 1. The molecule has 150 valence electrons. The third-order valence-corrected chi connectivity index (χ3v) is 7.14. The summed E-state index contributed by atoms with van der Waals surface area (Å²) >= 11 is 0. The second-order valence-corrected chi connectivity index (χ2v) is 8.70. The largest absolute Gasteiger partial charge is 0.309 e. The standard InChI is InChI=1S/C28H19N4/c1-15-17-9-5-6-10-18(17)16(2)26-23(15)27-25-21(30-14-31(27)4)13-20(29-3)24-19-11-7-8-12-22(19)32(26)28(24)25/h5-14H,1-2,4H3/q+1. The molecule has 32 heavy (non-hydrogen) atoms. The highest BCUT2D eigenvalue weighted by Crippen LogP contribution is 2.46. The van der Waals surface area contributed by atoms with Gasteiger partial charge in [0.2, 0.25) is 5.69 Å². The van der Waals surface area contributed by atoms with E-state index in [1.54, 1.807) is 0 Å². The number of nitrogens with zero attached hydrogens (tertiary/aromatic N) is 4. The first-order valence-corrected chi connectivity index (χ1v) is 10.8. The molecule has 0 aliphatic rings. The summed E-state index contributed by atoms with van der Waals surface area (Å²) in [5, 5.41) is 7.06. The van der Waals surface area contributed by atoms with Gasteiger partial charge in [0.15, 0.2) is 5.52 Å². The van der Waals surface area contributed by atoms with Crippen molar-refractivity contribution in [3.63, 3.8) is 0 Å². The van der Waals surface area contributed by atoms with Crippen molar-refractivity contribution in [1.29, 1.82) is 0 Å². The van der Waals surface area contributed by atoms with Crippen LogP contribution in [0.5, 0.6) is 0 Å². The van der Waals surface area contributed by atoms with Crippen LogP contribution in [-0.2, 0) is 7.05 Å². The lowest BCUT2D eigenvalue weighted by Gasteiger charge is -2.17. The average molecular weight is 411 g/mol. The van der Waals surface area contributed by atoms with Gasteiger partial charge in [-0.05, 0) is 53.3 Å². The van der Waals surface area contributed by atoms with E-state index in [9.17, 15) is 0 Å². The van der Waals surface area contributed by atoms with Gasteiger partial charge in [0.25, 0.3) is 6.33 Å². The zero-order valence-electron chi connectivity index (χ0n) is 18.1. The van der Waals surface area contributed by atoms with Crippen LogP contribution in [0, 0.1) is 20.4 Å². The fraction of sp³-hybridized carbons (Fsp3) is 0.107. The highest BCUT2D eigenvalue weighted by molar-refractivity contribution is 6.31. The number of aromatic nitrogens is 3. The first kappa shape index (κ1) is 17.5. The summed E-state index contributed by atoms with van der Waals surface area (Å²) in [6.07, 6.45) is 1.88. The van der Waals surface area contributed by atoms with Gasteiger partial charge < -0.3 is 4.40 Å². The number of fused-ring (bicyclic) bond motifs is 7. The maximum Gasteiger partial charge on any atom is 0.287 e. The predicted molar refractivity (Wildman–Crippen MR) is 131 cm³/mol. The fourth-order valence-electron chi connectivity index (χ4n) is 5.80. The Balaban J connectivity index is 2.03. The molecular formula is C28H19N4+. The van der Waals surface area contributed by atoms with E-state index in [-0.39, 0.29) is 0 Å². The minimum Gasteiger partial charge on any atom is -0.309 e. The summed E-state index contributed by atoms with van der Waals surface area (Å²) in [5.41, 5.74) is 8.68. The molecule has 0 N–H and O–H groups in total. The van der Waals surface area contributed by atoms with Gasteiger partial charge in [0, 0.05) is 5.39 Å². The van der Waals surface area contributed by atoms with Crippen LogP contribution in [0.15, 0.2) is 60.9 Å². The molecule has 7 aromatic rings. The van der Waals surface area contributed by atoms with E-state index in [1.165, 1.54) is 38.3 Å². The summed E-state index contributed by atoms with van der Waals surface area (Å²) in [6.45, 7) is 12.4. The van der Waals surface area contributed by atoms with E-state index in [0.717, 1.165) is 32.7 Å². The van der Waals surface area contributed by atoms with Gasteiger partial charge in [-0.25, -0.2) is 9.41 Å². The molecule has 0 saturated carbocycles. The normalized spacial score (nSPS) is 12.2. The zero-order chi connectivity index (χ0) is 21.7. The molecule has 0 spiro atoms. The van der Waals surface area contributed by atoms with E-state index >= 15 is 0 Å². The van der Waals surface area contributed by atoms with Gasteiger partial charge in [-0.2, -0.15) is 0 Å². The molecule has 0 fully saturated rings. The van der Waals surface area contributed by atoms with Gasteiger partial charge in [-0.15, -0.1) is 0 Å². The van der Waals surface area contributed by atoms with Crippen LogP contribution in [0.1, 0.15) is 11.1 Å². The third kappa shape index (κ3) is 1.84. The van der Waals surface area contributed by atoms with E-state index < -0.39 is 0 Å². The maximum atomic E-state index is 7.91. The van der Waals surface area contributed by atoms with Crippen molar-refractivity contribution < 1.29 is 4.57 Å². The molecule has 4 nitrogen and oxygen atoms in total. The Labute approximate surface area is 184 Å². The lowest BCUT2D eigenvalue weighted by atomic mass is 9.93. The smallest absolute Gasteiger partial charge is 0.287 e. The Morgan fingerprint density at radius 3 is 2.28 bits per heavy atom. The Bertz CT molecular complexity index is 1970. The molecule has 0 atom stereocenters. The van der Waals surface area contributed by atoms with Gasteiger partial charge >= 0.3 is 0 Å². The maximum absolute atomic E-state index is 7.91. The number of aryl methyl sites for hydroxylation is 3. The Morgan fingerprint density at radius 2 is 1.53 bits per heavy atom. The van der Waals surface area contributed by atoms with Crippen molar-refractivity contribution in [2.75, 3.05) is 0 Å². The van der Waals surface area contributed by atoms with Crippen molar-refractivity contribution in [2.45, 2.75) is 13.8 Å². The highest BCUT2D eigenvalue weighted by Gasteiger charge is 2.27. The molecule has 4 heteroatoms. The lowest BCUT2D eigenvalue weighted by Crippen LogP contribution is -2.30. The molecule has 0 aliphatic heterocycles. The van der Waals surface area contributed by atoms with Gasteiger partial charge in [-0.3, -0.25) is 0 Å². The second-order valence-electron chi connectivity index (χ2n) is 8.70. The quantitative estimate of drug-likeness (QED) is 0.121. The number of hydrogen-bond donors (Lipinski definition) is 0. The highest BCUT2D eigenvalue weighted by atomic mass is 15.0. The van der Waals surface area contributed by atoms with Crippen molar-refractivity contribution >= 4 is 65.6 Å². The van der Waals surface area contributed by atoms with Crippen LogP contribution < -0.4 is 4.57 Å². The summed E-state index contributed by atoms with van der Waals surface area (Å²) in [7, 11) is 2.07. The number of pyridine rings is 1. The molecule has 0 bridgehead atoms. The SMILES string of the molecule is [C-]#[N+]c1cc2nc[n+](C)c3c4c(C)c5ccccc5c(C)c4n4c5ccccc5c1c4c23. The molecule has 0 aliphatic carbocycles. The van der Waals surface area contributed by atoms with Crippen LogP contribution >= 0.6 is 0 Å². The Hall–Kier alpha value is -4.23. The van der Waals surface area contributed by atoms with E-state index in [0.29, 0.717) is 5.69 Å². The fourth-order valence-corrected chi connectivity index (χ4v) is 5.80. The minimum atomic E-state index is 0.661. The molecule has 3 heterocycles. The van der Waals surface area contributed by atoms with E-state index in [4.69, 9.17) is 11.6 Å². The van der Waals surface area contributed by atoms with Crippen LogP contribution in [0.3, 0.4) is 0 Å². The van der Waals surface area contributed by atoms with Gasteiger partial charge in [0.05, 0.1) is 40.9 Å². The van der Waals surface area contributed by atoms with E-state index in [2.05, 4.69) is 83.2 Å². The average Bonchev–Trinajstić information content (AvgIpc) is 3.17. The molecule has 0 radical (unpaired) electrons. The third-order valence-electron chi connectivity index (χ3n) is 7.14. The second kappa shape index (κ2) is 5.72. The number of rotatable bonds is 0. The Kier molecular flexibility index (Phi) is 3.12. The molecule has 0 amide bonds. The molecule has 0 unspecified atom stereocenters. The van der Waals surface area contributed by atoms with Gasteiger partial charge in [0.1, 0.15) is 5.52 Å². The van der Waals surface area contributed by atoms with Crippen LogP contribution in [0.4, 0.5) is 5.69 Å². The van der Waals surface area contributed by atoms with Crippen molar-refractivity contribution in [3.05, 3.63) is 83.5 Å².